The summed E-state index contributed by atoms with van der Waals surface area (Å²) in [4.78, 5) is 0. The summed E-state index contributed by atoms with van der Waals surface area (Å²) in [6.45, 7) is 3.74. The van der Waals surface area contributed by atoms with Gasteiger partial charge >= 0.3 is 0 Å². The molecule has 1 aromatic rings. The Bertz CT molecular complexity index is 309. The van der Waals surface area contributed by atoms with Crippen molar-refractivity contribution in [3.63, 3.8) is 0 Å². The molecular formula is C12H18O3. The highest BCUT2D eigenvalue weighted by atomic mass is 16.5. The third kappa shape index (κ3) is 2.94. The van der Waals surface area contributed by atoms with Crippen LogP contribution < -0.4 is 4.74 Å². The number of methoxy groups -OCH3 is 1. The van der Waals surface area contributed by atoms with E-state index in [1.165, 1.54) is 0 Å². The van der Waals surface area contributed by atoms with Crippen molar-refractivity contribution in [1.29, 1.82) is 0 Å². The molecule has 0 aromatic heterocycles. The van der Waals surface area contributed by atoms with Gasteiger partial charge in [-0.1, -0.05) is 26.0 Å². The van der Waals surface area contributed by atoms with Crippen molar-refractivity contribution in [2.24, 2.45) is 5.92 Å². The number of rotatable bonds is 4. The lowest BCUT2D eigenvalue weighted by atomic mass is 9.96. The van der Waals surface area contributed by atoms with Crippen LogP contribution in [0.1, 0.15) is 25.5 Å². The summed E-state index contributed by atoms with van der Waals surface area (Å²) in [5, 5.41) is 19.6. The van der Waals surface area contributed by atoms with Crippen LogP contribution in [0.25, 0.3) is 0 Å². The first kappa shape index (κ1) is 12.0. The first-order valence-electron chi connectivity index (χ1n) is 5.06. The molecule has 3 nitrogen and oxygen atoms in total. The summed E-state index contributed by atoms with van der Waals surface area (Å²) in [5.41, 5.74) is 0.676. The van der Waals surface area contributed by atoms with Crippen LogP contribution in [0.15, 0.2) is 24.3 Å². The number of benzene rings is 1. The van der Waals surface area contributed by atoms with Crippen LogP contribution in [0.3, 0.4) is 0 Å². The van der Waals surface area contributed by atoms with Crippen LogP contribution in [0, 0.1) is 5.92 Å². The Morgan fingerprint density at radius 3 is 2.40 bits per heavy atom. The van der Waals surface area contributed by atoms with Gasteiger partial charge in [0, 0.05) is 0 Å². The number of aliphatic hydroxyl groups excluding tert-OH is 2. The first-order chi connectivity index (χ1) is 7.06. The molecule has 15 heavy (non-hydrogen) atoms. The van der Waals surface area contributed by atoms with Crippen LogP contribution in [0.4, 0.5) is 0 Å². The summed E-state index contributed by atoms with van der Waals surface area (Å²) in [6, 6.07) is 7.11. The summed E-state index contributed by atoms with van der Waals surface area (Å²) in [7, 11) is 1.57. The molecule has 0 aliphatic heterocycles. The second-order valence-corrected chi connectivity index (χ2v) is 3.96. The number of hydrogen-bond acceptors (Lipinski definition) is 3. The Balaban J connectivity index is 2.85. The Labute approximate surface area is 90.3 Å². The summed E-state index contributed by atoms with van der Waals surface area (Å²) < 4.78 is 5.05. The van der Waals surface area contributed by atoms with Crippen molar-refractivity contribution in [1.82, 2.24) is 0 Å². The van der Waals surface area contributed by atoms with Gasteiger partial charge < -0.3 is 14.9 Å². The molecule has 84 valence electrons. The first-order valence-corrected chi connectivity index (χ1v) is 5.06. The minimum absolute atomic E-state index is 0.0196. The van der Waals surface area contributed by atoms with E-state index in [0.717, 1.165) is 0 Å². The highest BCUT2D eigenvalue weighted by molar-refractivity contribution is 5.30. The van der Waals surface area contributed by atoms with E-state index in [9.17, 15) is 10.2 Å². The van der Waals surface area contributed by atoms with Crippen LogP contribution in [-0.2, 0) is 0 Å². The average Bonchev–Trinajstić information content (AvgIpc) is 2.27. The SMILES string of the molecule is COc1cccc(C(O)C(O)C(C)C)c1. The third-order valence-corrected chi connectivity index (χ3v) is 2.44. The van der Waals surface area contributed by atoms with E-state index in [1.807, 2.05) is 13.8 Å². The largest absolute Gasteiger partial charge is 0.497 e. The molecule has 0 aliphatic carbocycles. The molecule has 0 radical (unpaired) electrons. The van der Waals surface area contributed by atoms with Crippen molar-refractivity contribution < 1.29 is 14.9 Å². The van der Waals surface area contributed by atoms with Gasteiger partial charge in [-0.25, -0.2) is 0 Å². The van der Waals surface area contributed by atoms with E-state index in [-0.39, 0.29) is 5.92 Å². The maximum Gasteiger partial charge on any atom is 0.119 e. The van der Waals surface area contributed by atoms with Crippen LogP contribution >= 0.6 is 0 Å². The fraction of sp³-hybridized carbons (Fsp3) is 0.500. The van der Waals surface area contributed by atoms with Crippen molar-refractivity contribution in [3.05, 3.63) is 29.8 Å². The van der Waals surface area contributed by atoms with Gasteiger partial charge in [-0.2, -0.15) is 0 Å². The predicted molar refractivity (Wildman–Crippen MR) is 58.8 cm³/mol. The Hall–Kier alpha value is -1.06. The zero-order valence-electron chi connectivity index (χ0n) is 9.34. The molecule has 2 unspecified atom stereocenters. The quantitative estimate of drug-likeness (QED) is 0.796. The second-order valence-electron chi connectivity index (χ2n) is 3.96. The Kier molecular flexibility index (Phi) is 4.12. The molecular weight excluding hydrogens is 192 g/mol. The summed E-state index contributed by atoms with van der Waals surface area (Å²) >= 11 is 0. The molecule has 0 fully saturated rings. The lowest BCUT2D eigenvalue weighted by Crippen LogP contribution is -2.23. The zero-order chi connectivity index (χ0) is 11.4. The van der Waals surface area contributed by atoms with E-state index < -0.39 is 12.2 Å². The topological polar surface area (TPSA) is 49.7 Å². The summed E-state index contributed by atoms with van der Waals surface area (Å²) in [5.74, 6) is 0.703. The van der Waals surface area contributed by atoms with Gasteiger partial charge in [0.25, 0.3) is 0 Å². The molecule has 0 saturated carbocycles. The maximum atomic E-state index is 9.87. The Morgan fingerprint density at radius 1 is 1.20 bits per heavy atom. The fourth-order valence-corrected chi connectivity index (χ4v) is 1.39. The van der Waals surface area contributed by atoms with Crippen LogP contribution in [0.5, 0.6) is 5.75 Å². The lowest BCUT2D eigenvalue weighted by molar-refractivity contribution is -0.00947. The van der Waals surface area contributed by atoms with Gasteiger partial charge in [-0.15, -0.1) is 0 Å². The smallest absolute Gasteiger partial charge is 0.119 e. The molecule has 3 heteroatoms. The average molecular weight is 210 g/mol. The molecule has 0 heterocycles. The second kappa shape index (κ2) is 5.14. The van der Waals surface area contributed by atoms with E-state index in [0.29, 0.717) is 11.3 Å². The molecule has 1 rings (SSSR count). The normalized spacial score (nSPS) is 15.1. The van der Waals surface area contributed by atoms with E-state index in [2.05, 4.69) is 0 Å². The van der Waals surface area contributed by atoms with E-state index in [1.54, 1.807) is 31.4 Å². The van der Waals surface area contributed by atoms with Gasteiger partial charge in [0.1, 0.15) is 11.9 Å². The molecule has 0 saturated heterocycles. The van der Waals surface area contributed by atoms with Gasteiger partial charge in [-0.05, 0) is 23.6 Å². The van der Waals surface area contributed by atoms with Gasteiger partial charge in [-0.3, -0.25) is 0 Å². The number of hydrogen-bond donors (Lipinski definition) is 2. The lowest BCUT2D eigenvalue weighted by Gasteiger charge is -2.21. The standard InChI is InChI=1S/C12H18O3/c1-8(2)11(13)12(14)9-5-4-6-10(7-9)15-3/h4-8,11-14H,1-3H3. The van der Waals surface area contributed by atoms with Crippen molar-refractivity contribution in [2.45, 2.75) is 26.1 Å². The van der Waals surface area contributed by atoms with Gasteiger partial charge in [0.15, 0.2) is 0 Å². The summed E-state index contributed by atoms with van der Waals surface area (Å²) in [6.07, 6.45) is -1.61. The van der Waals surface area contributed by atoms with E-state index in [4.69, 9.17) is 4.74 Å². The third-order valence-electron chi connectivity index (χ3n) is 2.44. The molecule has 0 amide bonds. The number of ether oxygens (including phenoxy) is 1. The number of aliphatic hydroxyl groups is 2. The monoisotopic (exact) mass is 210 g/mol. The molecule has 0 bridgehead atoms. The molecule has 1 aromatic carbocycles. The van der Waals surface area contributed by atoms with Crippen molar-refractivity contribution in [2.75, 3.05) is 7.11 Å². The Morgan fingerprint density at radius 2 is 1.87 bits per heavy atom. The minimum atomic E-state index is -0.861. The minimum Gasteiger partial charge on any atom is -0.497 e. The predicted octanol–water partition coefficient (Wildman–Crippen LogP) is 1.75. The molecule has 0 spiro atoms. The highest BCUT2D eigenvalue weighted by Crippen LogP contribution is 2.24. The molecule has 2 N–H and O–H groups in total. The van der Waals surface area contributed by atoms with Crippen molar-refractivity contribution in [3.8, 4) is 5.75 Å². The zero-order valence-corrected chi connectivity index (χ0v) is 9.34. The fourth-order valence-electron chi connectivity index (χ4n) is 1.39. The van der Waals surface area contributed by atoms with Crippen LogP contribution in [0.2, 0.25) is 0 Å². The van der Waals surface area contributed by atoms with Gasteiger partial charge in [0.05, 0.1) is 13.2 Å². The highest BCUT2D eigenvalue weighted by Gasteiger charge is 2.21. The molecule has 2 atom stereocenters. The molecule has 0 aliphatic rings. The maximum absolute atomic E-state index is 9.87. The van der Waals surface area contributed by atoms with E-state index >= 15 is 0 Å². The van der Waals surface area contributed by atoms with Crippen molar-refractivity contribution >= 4 is 0 Å². The van der Waals surface area contributed by atoms with Gasteiger partial charge in [0.2, 0.25) is 0 Å². The van der Waals surface area contributed by atoms with Crippen LogP contribution in [-0.4, -0.2) is 23.4 Å².